The van der Waals surface area contributed by atoms with Crippen LogP contribution in [0.1, 0.15) is 32.4 Å². The van der Waals surface area contributed by atoms with Crippen LogP contribution in [-0.4, -0.2) is 35.8 Å². The number of anilines is 1. The minimum absolute atomic E-state index is 0.0155. The lowest BCUT2D eigenvalue weighted by Crippen LogP contribution is -2.30. The van der Waals surface area contributed by atoms with Gasteiger partial charge in [-0.15, -0.1) is 11.3 Å². The van der Waals surface area contributed by atoms with Gasteiger partial charge in [0, 0.05) is 19.1 Å². The first kappa shape index (κ1) is 18.8. The fourth-order valence-electron chi connectivity index (χ4n) is 2.83. The molecule has 3 rings (SSSR count). The number of fused-ring (bicyclic) bond motifs is 1. The molecule has 2 aromatic heterocycles. The van der Waals surface area contributed by atoms with Crippen molar-refractivity contribution in [1.82, 2.24) is 14.3 Å². The normalized spacial score (nSPS) is 13.2. The van der Waals surface area contributed by atoms with Gasteiger partial charge in [-0.2, -0.15) is 4.31 Å². The van der Waals surface area contributed by atoms with Gasteiger partial charge in [0.2, 0.25) is 10.0 Å². The highest BCUT2D eigenvalue weighted by Gasteiger charge is 2.21. The van der Waals surface area contributed by atoms with Crippen LogP contribution in [0.15, 0.2) is 46.9 Å². The summed E-state index contributed by atoms with van der Waals surface area (Å²) in [5.41, 5.74) is 0.991. The highest BCUT2D eigenvalue weighted by Crippen LogP contribution is 2.27. The highest BCUT2D eigenvalue weighted by molar-refractivity contribution is 7.89. The van der Waals surface area contributed by atoms with Crippen LogP contribution < -0.4 is 5.32 Å². The third kappa shape index (κ3) is 3.58. The predicted octanol–water partition coefficient (Wildman–Crippen LogP) is 3.89. The molecule has 0 aliphatic rings. The van der Waals surface area contributed by atoms with Crippen LogP contribution in [0.4, 0.5) is 5.82 Å². The summed E-state index contributed by atoms with van der Waals surface area (Å²) in [5.74, 6) is 0.781. The van der Waals surface area contributed by atoms with Gasteiger partial charge in [0.15, 0.2) is 0 Å². The van der Waals surface area contributed by atoms with E-state index in [0.717, 1.165) is 21.6 Å². The molecular weight excluding hydrogens is 368 g/mol. The lowest BCUT2D eigenvalue weighted by molar-refractivity contribution is 0.445. The van der Waals surface area contributed by atoms with E-state index < -0.39 is 10.0 Å². The monoisotopic (exact) mass is 390 g/mol. The van der Waals surface area contributed by atoms with Gasteiger partial charge in [-0.25, -0.2) is 18.4 Å². The molecule has 0 spiro atoms. The minimum Gasteiger partial charge on any atom is -0.363 e. The molecule has 0 aliphatic carbocycles. The fourth-order valence-corrected chi connectivity index (χ4v) is 5.03. The Labute approximate surface area is 158 Å². The molecule has 26 heavy (non-hydrogen) atoms. The summed E-state index contributed by atoms with van der Waals surface area (Å²) in [6.07, 6.45) is 1.55. The van der Waals surface area contributed by atoms with Crippen molar-refractivity contribution in [2.75, 3.05) is 18.4 Å². The van der Waals surface area contributed by atoms with E-state index >= 15 is 0 Å². The Morgan fingerprint density at radius 1 is 1.12 bits per heavy atom. The zero-order valence-electron chi connectivity index (χ0n) is 15.0. The number of nitrogens with zero attached hydrogens (tertiary/aromatic N) is 3. The molecule has 2 heterocycles. The Balaban J connectivity index is 1.81. The number of nitrogens with one attached hydrogen (secondary N) is 1. The number of thiophene rings is 1. The molecule has 1 atom stereocenters. The lowest BCUT2D eigenvalue weighted by atomic mass is 10.1. The van der Waals surface area contributed by atoms with E-state index in [1.807, 2.05) is 44.4 Å². The fraction of sp³-hybridized carbons (Fsp3) is 0.333. The maximum absolute atomic E-state index is 12.6. The van der Waals surface area contributed by atoms with Gasteiger partial charge in [0.1, 0.15) is 17.0 Å². The van der Waals surface area contributed by atoms with Crippen LogP contribution in [0.5, 0.6) is 0 Å². The summed E-state index contributed by atoms with van der Waals surface area (Å²) >= 11 is 1.57. The van der Waals surface area contributed by atoms with Crippen molar-refractivity contribution >= 4 is 37.4 Å². The third-order valence-corrected chi connectivity index (χ3v) is 7.22. The second-order valence-corrected chi connectivity index (χ2v) is 8.72. The van der Waals surface area contributed by atoms with Gasteiger partial charge in [-0.3, -0.25) is 0 Å². The van der Waals surface area contributed by atoms with E-state index in [0.29, 0.717) is 18.0 Å². The number of benzene rings is 1. The van der Waals surface area contributed by atoms with Crippen molar-refractivity contribution in [3.05, 3.63) is 47.6 Å². The van der Waals surface area contributed by atoms with E-state index in [1.165, 1.54) is 4.31 Å². The lowest BCUT2D eigenvalue weighted by Gasteiger charge is -2.19. The van der Waals surface area contributed by atoms with Crippen molar-refractivity contribution in [2.24, 2.45) is 0 Å². The molecule has 0 amide bonds. The molecule has 8 heteroatoms. The average molecular weight is 391 g/mol. The van der Waals surface area contributed by atoms with Crippen LogP contribution in [0, 0.1) is 0 Å². The predicted molar refractivity (Wildman–Crippen MR) is 106 cm³/mol. The SMILES string of the molecule is CCN(CC)S(=O)(=O)c1ccc([C@H](C)Nc2ncnc3sccc23)cc1. The third-order valence-electron chi connectivity index (χ3n) is 4.34. The Morgan fingerprint density at radius 3 is 2.46 bits per heavy atom. The van der Waals surface area contributed by atoms with Gasteiger partial charge in [0.25, 0.3) is 0 Å². The van der Waals surface area contributed by atoms with Crippen molar-refractivity contribution in [3.63, 3.8) is 0 Å². The second kappa shape index (κ2) is 7.69. The first-order valence-corrected chi connectivity index (χ1v) is 10.8. The molecule has 0 radical (unpaired) electrons. The second-order valence-electron chi connectivity index (χ2n) is 5.89. The maximum atomic E-state index is 12.6. The Kier molecular flexibility index (Phi) is 5.55. The molecule has 6 nitrogen and oxygen atoms in total. The number of hydrogen-bond acceptors (Lipinski definition) is 6. The van der Waals surface area contributed by atoms with E-state index in [2.05, 4.69) is 15.3 Å². The summed E-state index contributed by atoms with van der Waals surface area (Å²) < 4.78 is 26.6. The molecule has 138 valence electrons. The molecule has 1 N–H and O–H groups in total. The van der Waals surface area contributed by atoms with E-state index in [1.54, 1.807) is 29.8 Å². The zero-order chi connectivity index (χ0) is 18.7. The first-order valence-electron chi connectivity index (χ1n) is 8.52. The van der Waals surface area contributed by atoms with Gasteiger partial charge in [-0.05, 0) is 36.1 Å². The molecular formula is C18H22N4O2S2. The van der Waals surface area contributed by atoms with E-state index in [-0.39, 0.29) is 6.04 Å². The van der Waals surface area contributed by atoms with Crippen molar-refractivity contribution in [2.45, 2.75) is 31.7 Å². The molecule has 0 saturated heterocycles. The van der Waals surface area contributed by atoms with Crippen LogP contribution >= 0.6 is 11.3 Å². The molecule has 0 unspecified atom stereocenters. The summed E-state index contributed by atoms with van der Waals surface area (Å²) in [6.45, 7) is 6.63. The maximum Gasteiger partial charge on any atom is 0.243 e. The van der Waals surface area contributed by atoms with Crippen molar-refractivity contribution < 1.29 is 8.42 Å². The van der Waals surface area contributed by atoms with Crippen LogP contribution in [0.3, 0.4) is 0 Å². The van der Waals surface area contributed by atoms with Crippen LogP contribution in [0.25, 0.3) is 10.2 Å². The van der Waals surface area contributed by atoms with Crippen LogP contribution in [-0.2, 0) is 10.0 Å². The molecule has 0 bridgehead atoms. The van der Waals surface area contributed by atoms with Crippen molar-refractivity contribution in [3.8, 4) is 0 Å². The number of aromatic nitrogens is 2. The zero-order valence-corrected chi connectivity index (χ0v) is 16.6. The van der Waals surface area contributed by atoms with Crippen molar-refractivity contribution in [1.29, 1.82) is 0 Å². The quantitative estimate of drug-likeness (QED) is 0.662. The Bertz CT molecular complexity index is 980. The smallest absolute Gasteiger partial charge is 0.243 e. The molecule has 1 aromatic carbocycles. The Hall–Kier alpha value is -2.03. The summed E-state index contributed by atoms with van der Waals surface area (Å²) in [4.78, 5) is 9.84. The van der Waals surface area contributed by atoms with Gasteiger partial charge in [0.05, 0.1) is 10.3 Å². The van der Waals surface area contributed by atoms with E-state index in [9.17, 15) is 8.42 Å². The highest BCUT2D eigenvalue weighted by atomic mass is 32.2. The topological polar surface area (TPSA) is 75.2 Å². The number of hydrogen-bond donors (Lipinski definition) is 1. The average Bonchev–Trinajstić information content (AvgIpc) is 3.12. The van der Waals surface area contributed by atoms with Gasteiger partial charge < -0.3 is 5.32 Å². The first-order chi connectivity index (χ1) is 12.5. The summed E-state index contributed by atoms with van der Waals surface area (Å²) in [7, 11) is -3.43. The molecule has 0 fully saturated rings. The Morgan fingerprint density at radius 2 is 1.81 bits per heavy atom. The molecule has 0 aliphatic heterocycles. The molecule has 3 aromatic rings. The number of sulfonamides is 1. The standard InChI is InChI=1S/C18H22N4O2S2/c1-4-22(5-2)26(23,24)15-8-6-14(7-9-15)13(3)21-17-16-10-11-25-18(16)20-12-19-17/h6-13H,4-5H2,1-3H3,(H,19,20,21)/t13-/m0/s1. The summed E-state index contributed by atoms with van der Waals surface area (Å²) in [6, 6.07) is 9.01. The number of rotatable bonds is 7. The van der Waals surface area contributed by atoms with Gasteiger partial charge in [-0.1, -0.05) is 26.0 Å². The largest absolute Gasteiger partial charge is 0.363 e. The van der Waals surface area contributed by atoms with Gasteiger partial charge >= 0.3 is 0 Å². The minimum atomic E-state index is -3.43. The van der Waals surface area contributed by atoms with Crippen LogP contribution in [0.2, 0.25) is 0 Å². The van der Waals surface area contributed by atoms with E-state index in [4.69, 9.17) is 0 Å². The molecule has 0 saturated carbocycles. The summed E-state index contributed by atoms with van der Waals surface area (Å²) in [5, 5.41) is 6.37.